The molecule has 0 fully saturated rings. The first-order chi connectivity index (χ1) is 9.71. The summed E-state index contributed by atoms with van der Waals surface area (Å²) in [6.07, 6.45) is 1.66. The Balaban J connectivity index is 2.39. The van der Waals surface area contributed by atoms with E-state index in [0.29, 0.717) is 17.3 Å². The summed E-state index contributed by atoms with van der Waals surface area (Å²) in [5.41, 5.74) is 2.02. The lowest BCUT2D eigenvalue weighted by molar-refractivity contribution is 0.340. The Morgan fingerprint density at radius 2 is 2.00 bits per heavy atom. The predicted molar refractivity (Wildman–Crippen MR) is 78.5 cm³/mol. The van der Waals surface area contributed by atoms with Crippen molar-refractivity contribution < 1.29 is 4.74 Å². The van der Waals surface area contributed by atoms with Gasteiger partial charge in [-0.15, -0.1) is 0 Å². The summed E-state index contributed by atoms with van der Waals surface area (Å²) in [6.45, 7) is 4.61. The first-order valence-electron chi connectivity index (χ1n) is 6.62. The molecule has 0 aliphatic heterocycles. The maximum absolute atomic E-state index is 9.19. The van der Waals surface area contributed by atoms with E-state index < -0.39 is 0 Å². The number of aryl methyl sites for hydroxylation is 1. The number of aromatic nitrogens is 2. The van der Waals surface area contributed by atoms with E-state index in [2.05, 4.69) is 11.2 Å². The summed E-state index contributed by atoms with van der Waals surface area (Å²) in [6, 6.07) is 9.61. The van der Waals surface area contributed by atoms with Crippen LogP contribution < -0.4 is 4.74 Å². The molecule has 0 saturated heterocycles. The van der Waals surface area contributed by atoms with Crippen LogP contribution in [0, 0.1) is 11.3 Å². The van der Waals surface area contributed by atoms with Crippen molar-refractivity contribution >= 4 is 11.6 Å². The zero-order valence-corrected chi connectivity index (χ0v) is 12.3. The summed E-state index contributed by atoms with van der Waals surface area (Å²) < 4.78 is 7.00. The molecule has 0 aliphatic rings. The monoisotopic (exact) mass is 289 g/mol. The highest BCUT2D eigenvalue weighted by Crippen LogP contribution is 2.25. The van der Waals surface area contributed by atoms with Gasteiger partial charge in [0.25, 0.3) is 0 Å². The lowest BCUT2D eigenvalue weighted by atomic mass is 10.2. The minimum absolute atomic E-state index is 0.361. The maximum atomic E-state index is 9.19. The Morgan fingerprint density at radius 3 is 2.55 bits per heavy atom. The van der Waals surface area contributed by atoms with Gasteiger partial charge in [-0.05, 0) is 37.6 Å². The third-order valence-corrected chi connectivity index (χ3v) is 3.24. The van der Waals surface area contributed by atoms with E-state index in [1.165, 1.54) is 0 Å². The molecule has 1 heterocycles. The Kier molecular flexibility index (Phi) is 4.65. The van der Waals surface area contributed by atoms with Crippen LogP contribution in [0.15, 0.2) is 24.3 Å². The summed E-state index contributed by atoms with van der Waals surface area (Å²) in [4.78, 5) is 0. The standard InChI is InChI=1S/C15H16ClN3O/c1-3-5-14-13(10-17)15(16)19(18-14)11-6-8-12(9-7-11)20-4-2/h6-9H,3-5H2,1-2H3. The van der Waals surface area contributed by atoms with Gasteiger partial charge in [-0.3, -0.25) is 0 Å². The van der Waals surface area contributed by atoms with Crippen LogP contribution in [0.4, 0.5) is 0 Å². The number of nitrogens with zero attached hydrogens (tertiary/aromatic N) is 3. The summed E-state index contributed by atoms with van der Waals surface area (Å²) in [7, 11) is 0. The van der Waals surface area contributed by atoms with Gasteiger partial charge in [0.15, 0.2) is 5.15 Å². The SMILES string of the molecule is CCCc1nn(-c2ccc(OCC)cc2)c(Cl)c1C#N. The van der Waals surface area contributed by atoms with Crippen molar-refractivity contribution in [2.24, 2.45) is 0 Å². The van der Waals surface area contributed by atoms with Gasteiger partial charge < -0.3 is 4.74 Å². The van der Waals surface area contributed by atoms with E-state index in [0.717, 1.165) is 30.0 Å². The first kappa shape index (κ1) is 14.4. The third-order valence-electron chi connectivity index (χ3n) is 2.89. The summed E-state index contributed by atoms with van der Waals surface area (Å²) in [5, 5.41) is 14.0. The molecule has 0 bridgehead atoms. The van der Waals surface area contributed by atoms with Gasteiger partial charge in [-0.1, -0.05) is 24.9 Å². The van der Waals surface area contributed by atoms with E-state index in [1.807, 2.05) is 38.1 Å². The second kappa shape index (κ2) is 6.44. The zero-order chi connectivity index (χ0) is 14.5. The Bertz CT molecular complexity index is 626. The molecular weight excluding hydrogens is 274 g/mol. The Labute approximate surface area is 123 Å². The van der Waals surface area contributed by atoms with Gasteiger partial charge in [-0.2, -0.15) is 10.4 Å². The van der Waals surface area contributed by atoms with E-state index in [4.69, 9.17) is 16.3 Å². The largest absolute Gasteiger partial charge is 0.494 e. The second-order valence-electron chi connectivity index (χ2n) is 4.31. The topological polar surface area (TPSA) is 50.8 Å². The van der Waals surface area contributed by atoms with E-state index in [-0.39, 0.29) is 0 Å². The lowest BCUT2D eigenvalue weighted by Crippen LogP contribution is -1.98. The van der Waals surface area contributed by atoms with Gasteiger partial charge in [0.1, 0.15) is 17.4 Å². The van der Waals surface area contributed by atoms with Crippen molar-refractivity contribution in [2.75, 3.05) is 6.61 Å². The fourth-order valence-corrected chi connectivity index (χ4v) is 2.27. The number of halogens is 1. The fourth-order valence-electron chi connectivity index (χ4n) is 1.98. The smallest absolute Gasteiger partial charge is 0.150 e. The molecule has 1 aromatic heterocycles. The third kappa shape index (κ3) is 2.78. The number of hydrogen-bond donors (Lipinski definition) is 0. The highest BCUT2D eigenvalue weighted by Gasteiger charge is 2.16. The number of ether oxygens (including phenoxy) is 1. The molecule has 0 amide bonds. The van der Waals surface area contributed by atoms with Gasteiger partial charge in [-0.25, -0.2) is 4.68 Å². The normalized spacial score (nSPS) is 10.3. The van der Waals surface area contributed by atoms with Crippen molar-refractivity contribution in [1.82, 2.24) is 9.78 Å². The molecule has 0 saturated carbocycles. The highest BCUT2D eigenvalue weighted by atomic mass is 35.5. The number of benzene rings is 1. The molecule has 0 N–H and O–H groups in total. The van der Waals surface area contributed by atoms with Crippen LogP contribution in [0.25, 0.3) is 5.69 Å². The van der Waals surface area contributed by atoms with E-state index >= 15 is 0 Å². The van der Waals surface area contributed by atoms with E-state index in [1.54, 1.807) is 4.68 Å². The molecule has 0 atom stereocenters. The minimum Gasteiger partial charge on any atom is -0.494 e. The molecule has 0 unspecified atom stereocenters. The first-order valence-corrected chi connectivity index (χ1v) is 6.99. The van der Waals surface area contributed by atoms with E-state index in [9.17, 15) is 5.26 Å². The van der Waals surface area contributed by atoms with Crippen molar-refractivity contribution in [2.45, 2.75) is 26.7 Å². The van der Waals surface area contributed by atoms with Crippen molar-refractivity contribution in [3.8, 4) is 17.5 Å². The highest BCUT2D eigenvalue weighted by molar-refractivity contribution is 6.31. The van der Waals surface area contributed by atoms with Crippen LogP contribution in [0.3, 0.4) is 0 Å². The van der Waals surface area contributed by atoms with Gasteiger partial charge in [0, 0.05) is 0 Å². The molecule has 1 aromatic carbocycles. The zero-order valence-electron chi connectivity index (χ0n) is 11.6. The number of rotatable bonds is 5. The van der Waals surface area contributed by atoms with Crippen LogP contribution in [0.2, 0.25) is 5.15 Å². The Morgan fingerprint density at radius 1 is 1.30 bits per heavy atom. The maximum Gasteiger partial charge on any atom is 0.150 e. The summed E-state index contributed by atoms with van der Waals surface area (Å²) in [5.74, 6) is 0.800. The number of nitriles is 1. The van der Waals surface area contributed by atoms with Crippen LogP contribution in [-0.2, 0) is 6.42 Å². The van der Waals surface area contributed by atoms with Crippen molar-refractivity contribution in [1.29, 1.82) is 5.26 Å². The molecule has 0 aliphatic carbocycles. The van der Waals surface area contributed by atoms with Gasteiger partial charge >= 0.3 is 0 Å². The molecular formula is C15H16ClN3O. The second-order valence-corrected chi connectivity index (χ2v) is 4.67. The lowest BCUT2D eigenvalue weighted by Gasteiger charge is -2.05. The summed E-state index contributed by atoms with van der Waals surface area (Å²) >= 11 is 6.25. The molecule has 0 spiro atoms. The molecule has 0 radical (unpaired) electrons. The average Bonchev–Trinajstić information content (AvgIpc) is 2.77. The van der Waals surface area contributed by atoms with Gasteiger partial charge in [0.2, 0.25) is 0 Å². The molecule has 2 aromatic rings. The molecule has 5 heteroatoms. The molecule has 104 valence electrons. The molecule has 20 heavy (non-hydrogen) atoms. The molecule has 2 rings (SSSR count). The average molecular weight is 290 g/mol. The van der Waals surface area contributed by atoms with Crippen LogP contribution >= 0.6 is 11.6 Å². The molecule has 4 nitrogen and oxygen atoms in total. The minimum atomic E-state index is 0.361. The van der Waals surface area contributed by atoms with Crippen molar-refractivity contribution in [3.05, 3.63) is 40.7 Å². The quantitative estimate of drug-likeness (QED) is 0.842. The van der Waals surface area contributed by atoms with Crippen LogP contribution in [0.1, 0.15) is 31.5 Å². The Hall–Kier alpha value is -1.99. The van der Waals surface area contributed by atoms with Crippen LogP contribution in [-0.4, -0.2) is 16.4 Å². The fraction of sp³-hybridized carbons (Fsp3) is 0.333. The van der Waals surface area contributed by atoms with Crippen molar-refractivity contribution in [3.63, 3.8) is 0 Å². The number of hydrogen-bond acceptors (Lipinski definition) is 3. The predicted octanol–water partition coefficient (Wildman–Crippen LogP) is 3.75. The van der Waals surface area contributed by atoms with Crippen LogP contribution in [0.5, 0.6) is 5.75 Å². The van der Waals surface area contributed by atoms with Gasteiger partial charge in [0.05, 0.1) is 18.0 Å².